The molecular weight excluding hydrogens is 278 g/mol. The van der Waals surface area contributed by atoms with E-state index in [2.05, 4.69) is 29.8 Å². The fraction of sp³-hybridized carbons (Fsp3) is 0.500. The van der Waals surface area contributed by atoms with Crippen molar-refractivity contribution in [1.29, 1.82) is 0 Å². The van der Waals surface area contributed by atoms with E-state index >= 15 is 0 Å². The molecule has 1 amide bonds. The van der Waals surface area contributed by atoms with Crippen molar-refractivity contribution in [1.82, 2.24) is 4.90 Å². The van der Waals surface area contributed by atoms with Gasteiger partial charge < -0.3 is 4.90 Å². The van der Waals surface area contributed by atoms with Crippen molar-refractivity contribution in [3.8, 4) is 0 Å². The third-order valence-corrected chi connectivity index (χ3v) is 4.24. The average Bonchev–Trinajstić information content (AvgIpc) is 2.33. The van der Waals surface area contributed by atoms with Crippen LogP contribution in [0.2, 0.25) is 0 Å². The lowest BCUT2D eigenvalue weighted by Gasteiger charge is -2.35. The van der Waals surface area contributed by atoms with Crippen LogP contribution >= 0.6 is 15.9 Å². The van der Waals surface area contributed by atoms with Crippen LogP contribution in [0.1, 0.15) is 30.6 Å². The Kier molecular flexibility index (Phi) is 3.87. The number of rotatable bonds is 1. The van der Waals surface area contributed by atoms with E-state index in [1.165, 1.54) is 0 Å². The molecule has 0 aromatic heterocycles. The minimum atomic E-state index is 0.163. The largest absolute Gasteiger partial charge is 0.338 e. The monoisotopic (exact) mass is 295 g/mol. The maximum atomic E-state index is 12.3. The average molecular weight is 296 g/mol. The Morgan fingerprint density at radius 3 is 2.47 bits per heavy atom. The van der Waals surface area contributed by atoms with Gasteiger partial charge in [-0.3, -0.25) is 4.79 Å². The highest BCUT2D eigenvalue weighted by Gasteiger charge is 2.26. The van der Waals surface area contributed by atoms with E-state index in [1.54, 1.807) is 0 Å². The molecule has 0 N–H and O–H groups in total. The van der Waals surface area contributed by atoms with Gasteiger partial charge in [0.1, 0.15) is 0 Å². The molecule has 0 radical (unpaired) electrons. The standard InChI is InChI=1S/C14H18BrNO/c1-10-7-8-16(9-11(10)2)14(17)12-3-5-13(15)6-4-12/h3-6,10-11H,7-9H2,1-2H3. The summed E-state index contributed by atoms with van der Waals surface area (Å²) in [4.78, 5) is 14.3. The molecule has 1 aliphatic rings. The number of hydrogen-bond donors (Lipinski definition) is 0. The van der Waals surface area contributed by atoms with Gasteiger partial charge in [0.15, 0.2) is 0 Å². The lowest BCUT2D eigenvalue weighted by Crippen LogP contribution is -2.42. The number of piperidine rings is 1. The van der Waals surface area contributed by atoms with E-state index in [-0.39, 0.29) is 5.91 Å². The summed E-state index contributed by atoms with van der Waals surface area (Å²) in [7, 11) is 0. The van der Waals surface area contributed by atoms with Gasteiger partial charge in [0, 0.05) is 23.1 Å². The second-order valence-corrected chi connectivity index (χ2v) is 5.92. The topological polar surface area (TPSA) is 20.3 Å². The molecule has 0 aliphatic carbocycles. The van der Waals surface area contributed by atoms with Crippen molar-refractivity contribution in [3.05, 3.63) is 34.3 Å². The summed E-state index contributed by atoms with van der Waals surface area (Å²) in [6.45, 7) is 6.27. The Labute approximate surface area is 111 Å². The van der Waals surface area contributed by atoms with Gasteiger partial charge in [0.05, 0.1) is 0 Å². The van der Waals surface area contributed by atoms with Gasteiger partial charge in [-0.2, -0.15) is 0 Å². The van der Waals surface area contributed by atoms with Crippen molar-refractivity contribution in [2.75, 3.05) is 13.1 Å². The predicted molar refractivity (Wildman–Crippen MR) is 73.0 cm³/mol. The molecule has 92 valence electrons. The molecule has 0 saturated carbocycles. The quantitative estimate of drug-likeness (QED) is 0.776. The summed E-state index contributed by atoms with van der Waals surface area (Å²) in [6.07, 6.45) is 1.11. The Hall–Kier alpha value is -0.830. The Morgan fingerprint density at radius 2 is 1.88 bits per heavy atom. The highest BCUT2D eigenvalue weighted by molar-refractivity contribution is 9.10. The van der Waals surface area contributed by atoms with Crippen molar-refractivity contribution in [2.24, 2.45) is 11.8 Å². The molecule has 1 heterocycles. The van der Waals surface area contributed by atoms with Crippen molar-refractivity contribution >= 4 is 21.8 Å². The molecule has 1 aromatic rings. The molecule has 2 atom stereocenters. The predicted octanol–water partition coefficient (Wildman–Crippen LogP) is 3.57. The fourth-order valence-corrected chi connectivity index (χ4v) is 2.49. The van der Waals surface area contributed by atoms with Gasteiger partial charge in [-0.25, -0.2) is 0 Å². The van der Waals surface area contributed by atoms with E-state index in [4.69, 9.17) is 0 Å². The summed E-state index contributed by atoms with van der Waals surface area (Å²) in [5.41, 5.74) is 0.787. The van der Waals surface area contributed by atoms with Crippen LogP contribution in [0.15, 0.2) is 28.7 Å². The van der Waals surface area contributed by atoms with Gasteiger partial charge in [0.25, 0.3) is 5.91 Å². The van der Waals surface area contributed by atoms with Crippen molar-refractivity contribution in [3.63, 3.8) is 0 Å². The van der Waals surface area contributed by atoms with Gasteiger partial charge in [-0.05, 0) is 42.5 Å². The van der Waals surface area contributed by atoms with Crippen LogP contribution in [0, 0.1) is 11.8 Å². The van der Waals surface area contributed by atoms with E-state index in [0.717, 1.165) is 35.5 Å². The summed E-state index contributed by atoms with van der Waals surface area (Å²) in [5.74, 6) is 1.49. The number of hydrogen-bond acceptors (Lipinski definition) is 1. The van der Waals surface area contributed by atoms with Crippen molar-refractivity contribution in [2.45, 2.75) is 20.3 Å². The maximum absolute atomic E-state index is 12.3. The number of carbonyl (C=O) groups is 1. The normalized spacial score (nSPS) is 24.8. The second-order valence-electron chi connectivity index (χ2n) is 5.00. The maximum Gasteiger partial charge on any atom is 0.253 e. The Bertz CT molecular complexity index is 401. The molecule has 17 heavy (non-hydrogen) atoms. The minimum absolute atomic E-state index is 0.163. The first-order chi connectivity index (χ1) is 8.08. The zero-order valence-corrected chi connectivity index (χ0v) is 11.9. The summed E-state index contributed by atoms with van der Waals surface area (Å²) < 4.78 is 1.01. The lowest BCUT2D eigenvalue weighted by molar-refractivity contribution is 0.0627. The zero-order valence-electron chi connectivity index (χ0n) is 10.3. The molecule has 1 saturated heterocycles. The van der Waals surface area contributed by atoms with E-state index < -0.39 is 0 Å². The summed E-state index contributed by atoms with van der Waals surface area (Å²) >= 11 is 3.38. The third-order valence-electron chi connectivity index (χ3n) is 3.71. The molecular formula is C14H18BrNO. The Morgan fingerprint density at radius 1 is 1.24 bits per heavy atom. The highest BCUT2D eigenvalue weighted by atomic mass is 79.9. The Balaban J connectivity index is 2.08. The van der Waals surface area contributed by atoms with Crippen LogP contribution in [0.4, 0.5) is 0 Å². The summed E-state index contributed by atoms with van der Waals surface area (Å²) in [6, 6.07) is 7.61. The number of halogens is 1. The van der Waals surface area contributed by atoms with Gasteiger partial charge in [-0.15, -0.1) is 0 Å². The van der Waals surface area contributed by atoms with Crippen LogP contribution in [-0.2, 0) is 0 Å². The fourth-order valence-electron chi connectivity index (χ4n) is 2.22. The molecule has 0 spiro atoms. The molecule has 1 aliphatic heterocycles. The summed E-state index contributed by atoms with van der Waals surface area (Å²) in [5, 5.41) is 0. The van der Waals surface area contributed by atoms with Crippen LogP contribution < -0.4 is 0 Å². The molecule has 0 bridgehead atoms. The van der Waals surface area contributed by atoms with Gasteiger partial charge >= 0.3 is 0 Å². The van der Waals surface area contributed by atoms with Crippen LogP contribution in [0.25, 0.3) is 0 Å². The number of nitrogens with zero attached hydrogens (tertiary/aromatic N) is 1. The third kappa shape index (κ3) is 2.89. The first-order valence-corrected chi connectivity index (χ1v) is 6.92. The minimum Gasteiger partial charge on any atom is -0.338 e. The zero-order chi connectivity index (χ0) is 12.4. The first kappa shape index (κ1) is 12.6. The van der Waals surface area contributed by atoms with Crippen LogP contribution in [0.3, 0.4) is 0 Å². The van der Waals surface area contributed by atoms with E-state index in [0.29, 0.717) is 5.92 Å². The van der Waals surface area contributed by atoms with Gasteiger partial charge in [0.2, 0.25) is 0 Å². The molecule has 2 nitrogen and oxygen atoms in total. The van der Waals surface area contributed by atoms with Gasteiger partial charge in [-0.1, -0.05) is 29.8 Å². The molecule has 3 heteroatoms. The number of benzene rings is 1. The first-order valence-electron chi connectivity index (χ1n) is 6.13. The van der Waals surface area contributed by atoms with E-state index in [1.807, 2.05) is 29.2 Å². The van der Waals surface area contributed by atoms with Crippen LogP contribution in [0.5, 0.6) is 0 Å². The van der Waals surface area contributed by atoms with Crippen LogP contribution in [-0.4, -0.2) is 23.9 Å². The van der Waals surface area contributed by atoms with E-state index in [9.17, 15) is 4.79 Å². The number of carbonyl (C=O) groups excluding carboxylic acids is 1. The number of likely N-dealkylation sites (tertiary alicyclic amines) is 1. The van der Waals surface area contributed by atoms with Crippen molar-refractivity contribution < 1.29 is 4.79 Å². The number of amides is 1. The molecule has 1 aromatic carbocycles. The highest BCUT2D eigenvalue weighted by Crippen LogP contribution is 2.24. The molecule has 2 rings (SSSR count). The molecule has 1 fully saturated rings. The SMILES string of the molecule is CC1CCN(C(=O)c2ccc(Br)cc2)CC1C. The smallest absolute Gasteiger partial charge is 0.253 e. The molecule has 2 unspecified atom stereocenters. The lowest BCUT2D eigenvalue weighted by atomic mass is 9.88. The second kappa shape index (κ2) is 5.21.